The molecule has 0 atom stereocenters. The number of halogens is 1. The van der Waals surface area contributed by atoms with Gasteiger partial charge >= 0.3 is 0 Å². The molecule has 0 aliphatic rings. The third-order valence-electron chi connectivity index (χ3n) is 5.83. The van der Waals surface area contributed by atoms with Crippen molar-refractivity contribution in [3.63, 3.8) is 0 Å². The van der Waals surface area contributed by atoms with Crippen LogP contribution in [0.15, 0.2) is 98.4 Å². The minimum Gasteiger partial charge on any atom is -0.399 e. The zero-order valence-corrected chi connectivity index (χ0v) is 21.1. The van der Waals surface area contributed by atoms with Crippen LogP contribution in [0.4, 0.5) is 11.4 Å². The molecule has 11 nitrogen and oxygen atoms in total. The Morgan fingerprint density at radius 1 is 0.615 bits per heavy atom. The van der Waals surface area contributed by atoms with Gasteiger partial charge in [-0.05, 0) is 48.5 Å². The molecule has 0 radical (unpaired) electrons. The first-order valence-corrected chi connectivity index (χ1v) is 12.1. The zero-order chi connectivity index (χ0) is 26.8. The van der Waals surface area contributed by atoms with Gasteiger partial charge in [-0.15, -0.1) is 0 Å². The number of nitrogens with zero attached hydrogens (tertiary/aromatic N) is 9. The summed E-state index contributed by atoms with van der Waals surface area (Å²) in [6.07, 6.45) is 13.4. The van der Waals surface area contributed by atoms with Crippen LogP contribution >= 0.6 is 11.6 Å². The molecular weight excluding hydrogens is 514 g/mol. The van der Waals surface area contributed by atoms with E-state index in [0.717, 1.165) is 33.3 Å². The Morgan fingerprint density at radius 2 is 1.18 bits per heavy atom. The first-order chi connectivity index (χ1) is 19.0. The second-order valence-electron chi connectivity index (χ2n) is 8.42. The quantitative estimate of drug-likeness (QED) is 0.312. The van der Waals surface area contributed by atoms with Crippen LogP contribution in [0.5, 0.6) is 0 Å². The Bertz CT molecular complexity index is 1910. The summed E-state index contributed by atoms with van der Waals surface area (Å²) in [4.78, 5) is 29.8. The lowest BCUT2D eigenvalue weighted by atomic mass is 10.2. The third kappa shape index (κ3) is 4.93. The molecule has 12 heteroatoms. The van der Waals surface area contributed by atoms with E-state index >= 15 is 0 Å². The van der Waals surface area contributed by atoms with E-state index < -0.39 is 0 Å². The smallest absolute Gasteiger partial charge is 0.158 e. The van der Waals surface area contributed by atoms with Crippen LogP contribution in [-0.2, 0) is 0 Å². The van der Waals surface area contributed by atoms with Crippen LogP contribution in [0.1, 0.15) is 0 Å². The number of imidazole rings is 2. The number of benzene rings is 2. The van der Waals surface area contributed by atoms with Crippen molar-refractivity contribution in [3.8, 4) is 22.9 Å². The summed E-state index contributed by atoms with van der Waals surface area (Å²) in [5.41, 5.74) is 18.2. The maximum Gasteiger partial charge on any atom is 0.158 e. The number of anilines is 2. The van der Waals surface area contributed by atoms with Gasteiger partial charge in [0.25, 0.3) is 0 Å². The summed E-state index contributed by atoms with van der Waals surface area (Å²) in [5.74, 6) is 1.31. The van der Waals surface area contributed by atoms with Gasteiger partial charge in [-0.3, -0.25) is 24.1 Å². The fraction of sp³-hybridized carbons (Fsp3) is 0. The van der Waals surface area contributed by atoms with Gasteiger partial charge in [-0.1, -0.05) is 11.6 Å². The zero-order valence-electron chi connectivity index (χ0n) is 20.3. The molecule has 7 aromatic rings. The van der Waals surface area contributed by atoms with Gasteiger partial charge in [0.2, 0.25) is 0 Å². The van der Waals surface area contributed by atoms with Crippen LogP contribution in [0, 0.1) is 0 Å². The van der Waals surface area contributed by atoms with E-state index in [1.54, 1.807) is 48.2 Å². The number of fused-ring (bicyclic) bond motifs is 2. The van der Waals surface area contributed by atoms with Crippen molar-refractivity contribution >= 4 is 45.0 Å². The molecule has 0 bridgehead atoms. The maximum absolute atomic E-state index is 5.87. The predicted molar refractivity (Wildman–Crippen MR) is 150 cm³/mol. The molecule has 0 aliphatic carbocycles. The number of aromatic nitrogens is 9. The molecule has 0 saturated heterocycles. The van der Waals surface area contributed by atoms with E-state index in [9.17, 15) is 0 Å². The van der Waals surface area contributed by atoms with E-state index in [-0.39, 0.29) is 0 Å². The molecule has 7 rings (SSSR count). The van der Waals surface area contributed by atoms with E-state index in [1.807, 2.05) is 53.1 Å². The van der Waals surface area contributed by atoms with Crippen molar-refractivity contribution in [3.05, 3.63) is 104 Å². The fourth-order valence-corrected chi connectivity index (χ4v) is 4.14. The Balaban J connectivity index is 0.000000147. The van der Waals surface area contributed by atoms with Crippen LogP contribution in [0.25, 0.3) is 45.0 Å². The highest BCUT2D eigenvalue weighted by atomic mass is 35.5. The van der Waals surface area contributed by atoms with E-state index in [4.69, 9.17) is 23.1 Å². The largest absolute Gasteiger partial charge is 0.399 e. The molecule has 4 N–H and O–H groups in total. The lowest BCUT2D eigenvalue weighted by Crippen LogP contribution is -1.99. The minimum absolute atomic E-state index is 0.341. The lowest BCUT2D eigenvalue weighted by Gasteiger charge is -2.06. The molecule has 5 heterocycles. The van der Waals surface area contributed by atoms with Gasteiger partial charge < -0.3 is 11.5 Å². The van der Waals surface area contributed by atoms with Crippen molar-refractivity contribution in [2.75, 3.05) is 11.5 Å². The van der Waals surface area contributed by atoms with Gasteiger partial charge in [0.15, 0.2) is 11.6 Å². The number of hydrogen-bond acceptors (Lipinski definition) is 9. The Morgan fingerprint density at radius 3 is 1.77 bits per heavy atom. The van der Waals surface area contributed by atoms with Crippen LogP contribution < -0.4 is 11.5 Å². The number of pyridine rings is 1. The number of nitrogens with two attached hydrogens (primary N) is 2. The molecule has 5 aromatic heterocycles. The third-order valence-corrected chi connectivity index (χ3v) is 6.01. The second-order valence-corrected chi connectivity index (χ2v) is 8.81. The monoisotopic (exact) mass is 533 g/mol. The van der Waals surface area contributed by atoms with Crippen LogP contribution in [-0.4, -0.2) is 44.0 Å². The Labute approximate surface area is 226 Å². The maximum atomic E-state index is 5.87. The molecular formula is C27H20ClN11. The molecule has 0 fully saturated rings. The SMILES string of the molecule is Nc1ccc2ncn(-c3cncc(-c4ccncc4)n3)c2c1.Nc1ccc2ncn(-c3cncc(Cl)n3)c2c1. The molecule has 0 amide bonds. The van der Waals surface area contributed by atoms with Gasteiger partial charge in [0, 0.05) is 29.3 Å². The fourth-order valence-electron chi connectivity index (χ4n) is 4.00. The highest BCUT2D eigenvalue weighted by molar-refractivity contribution is 6.29. The molecule has 0 aliphatic heterocycles. The van der Waals surface area contributed by atoms with Gasteiger partial charge in [-0.2, -0.15) is 0 Å². The van der Waals surface area contributed by atoms with Crippen LogP contribution in [0.2, 0.25) is 5.15 Å². The summed E-state index contributed by atoms with van der Waals surface area (Å²) >= 11 is 5.81. The summed E-state index contributed by atoms with van der Waals surface area (Å²) < 4.78 is 3.67. The topological polar surface area (TPSA) is 152 Å². The average Bonchev–Trinajstić information content (AvgIpc) is 3.58. The van der Waals surface area contributed by atoms with Crippen molar-refractivity contribution in [2.45, 2.75) is 0 Å². The first-order valence-electron chi connectivity index (χ1n) is 11.7. The van der Waals surface area contributed by atoms with E-state index in [2.05, 4.69) is 34.9 Å². The van der Waals surface area contributed by atoms with Crippen molar-refractivity contribution in [1.82, 2.24) is 44.0 Å². The van der Waals surface area contributed by atoms with Crippen LogP contribution in [0.3, 0.4) is 0 Å². The van der Waals surface area contributed by atoms with Gasteiger partial charge in [0.1, 0.15) is 17.8 Å². The molecule has 0 spiro atoms. The molecule has 190 valence electrons. The van der Waals surface area contributed by atoms with Crippen molar-refractivity contribution in [2.24, 2.45) is 0 Å². The number of hydrogen-bond donors (Lipinski definition) is 2. The minimum atomic E-state index is 0.341. The van der Waals surface area contributed by atoms with Crippen molar-refractivity contribution in [1.29, 1.82) is 0 Å². The van der Waals surface area contributed by atoms with Crippen molar-refractivity contribution < 1.29 is 0 Å². The standard InChI is InChI=1S/C16H12N6.C11H8ClN5/c17-12-1-2-13-15(7-12)22(10-20-13)16-9-19-8-14(21-16)11-3-5-18-6-4-11;12-10-4-14-5-11(16-10)17-6-15-8-2-1-7(13)3-9(8)17/h1-10H,17H2;1-6H,13H2. The number of rotatable bonds is 3. The Kier molecular flexibility index (Phi) is 6.23. The molecule has 0 unspecified atom stereocenters. The Hall–Kier alpha value is -5.42. The molecule has 39 heavy (non-hydrogen) atoms. The summed E-state index contributed by atoms with van der Waals surface area (Å²) in [5, 5.41) is 0.341. The van der Waals surface area contributed by atoms with Gasteiger partial charge in [-0.25, -0.2) is 19.9 Å². The highest BCUT2D eigenvalue weighted by Crippen LogP contribution is 2.22. The van der Waals surface area contributed by atoms with E-state index in [1.165, 1.54) is 6.20 Å². The summed E-state index contributed by atoms with van der Waals surface area (Å²) in [7, 11) is 0. The highest BCUT2D eigenvalue weighted by Gasteiger charge is 2.09. The number of nitrogen functional groups attached to an aromatic ring is 2. The van der Waals surface area contributed by atoms with E-state index in [0.29, 0.717) is 28.2 Å². The molecule has 2 aromatic carbocycles. The lowest BCUT2D eigenvalue weighted by molar-refractivity contribution is 0.996. The second kappa shape index (κ2) is 10.1. The average molecular weight is 534 g/mol. The van der Waals surface area contributed by atoms with Gasteiger partial charge in [0.05, 0.1) is 52.5 Å². The first kappa shape index (κ1) is 23.9. The molecule has 0 saturated carbocycles. The predicted octanol–water partition coefficient (Wildman–Crippen LogP) is 4.51. The summed E-state index contributed by atoms with van der Waals surface area (Å²) in [6.45, 7) is 0. The summed E-state index contributed by atoms with van der Waals surface area (Å²) in [6, 6.07) is 14.9. The normalized spacial score (nSPS) is 10.9.